The maximum Gasteiger partial charge on any atom is 0.0518 e. The molecule has 2 saturated carbocycles. The van der Waals surface area contributed by atoms with Crippen molar-refractivity contribution in [3.05, 3.63) is 11.6 Å². The molecule has 15 heavy (non-hydrogen) atoms. The summed E-state index contributed by atoms with van der Waals surface area (Å²) in [7, 11) is 0. The average Bonchev–Trinajstić information content (AvgIpc) is 2.78. The van der Waals surface area contributed by atoms with E-state index >= 15 is 0 Å². The number of fused-ring (bicyclic) bond motifs is 2. The predicted octanol–water partition coefficient (Wildman–Crippen LogP) is 4.53. The van der Waals surface area contributed by atoms with Gasteiger partial charge in [0, 0.05) is 0 Å². The van der Waals surface area contributed by atoms with Gasteiger partial charge in [-0.05, 0) is 56.3 Å². The van der Waals surface area contributed by atoms with E-state index in [9.17, 15) is 0 Å². The topological polar surface area (TPSA) is 0 Å². The molecule has 4 unspecified atom stereocenters. The Hall–Kier alpha value is 0.0300. The van der Waals surface area contributed by atoms with E-state index in [4.69, 9.17) is 11.6 Å². The largest absolute Gasteiger partial charge is 0.118 e. The number of allylic oxidation sites excluding steroid dienone is 2. The third kappa shape index (κ3) is 1.98. The molecule has 0 radical (unpaired) electrons. The fourth-order valence-corrected chi connectivity index (χ4v) is 4.39. The van der Waals surface area contributed by atoms with Crippen molar-refractivity contribution in [3.8, 4) is 0 Å². The van der Waals surface area contributed by atoms with Gasteiger partial charge in [0.25, 0.3) is 0 Å². The lowest BCUT2D eigenvalue weighted by Crippen LogP contribution is -2.13. The van der Waals surface area contributed by atoms with Crippen LogP contribution in [0.1, 0.15) is 51.4 Å². The van der Waals surface area contributed by atoms with Crippen LogP contribution in [-0.2, 0) is 0 Å². The van der Waals surface area contributed by atoms with Crippen LogP contribution in [-0.4, -0.2) is 5.38 Å². The molecule has 2 bridgehead atoms. The summed E-state index contributed by atoms with van der Waals surface area (Å²) in [5.74, 6) is 3.03. The zero-order chi connectivity index (χ0) is 10.3. The van der Waals surface area contributed by atoms with Gasteiger partial charge in [0.15, 0.2) is 0 Å². The molecule has 3 aliphatic rings. The Bertz CT molecular complexity index is 269. The molecule has 0 aromatic rings. The molecule has 3 rings (SSSR count). The summed E-state index contributed by atoms with van der Waals surface area (Å²) in [6.07, 6.45) is 13.7. The van der Waals surface area contributed by atoms with Crippen LogP contribution in [0.5, 0.6) is 0 Å². The first kappa shape index (κ1) is 10.2. The maximum absolute atomic E-state index is 6.32. The number of alkyl halides is 1. The molecule has 0 aliphatic heterocycles. The molecule has 0 N–H and O–H groups in total. The van der Waals surface area contributed by atoms with Gasteiger partial charge in [0.05, 0.1) is 5.38 Å². The second-order valence-electron chi connectivity index (χ2n) is 5.78. The Morgan fingerprint density at radius 1 is 1.07 bits per heavy atom. The van der Waals surface area contributed by atoms with Crippen LogP contribution in [0.2, 0.25) is 0 Å². The van der Waals surface area contributed by atoms with Crippen LogP contribution >= 0.6 is 11.6 Å². The van der Waals surface area contributed by atoms with Crippen LogP contribution in [0.3, 0.4) is 0 Å². The molecule has 84 valence electrons. The van der Waals surface area contributed by atoms with E-state index in [1.165, 1.54) is 51.4 Å². The van der Waals surface area contributed by atoms with Crippen molar-refractivity contribution >= 4 is 11.6 Å². The molecule has 0 nitrogen and oxygen atoms in total. The number of hydrogen-bond acceptors (Lipinski definition) is 0. The van der Waals surface area contributed by atoms with E-state index in [2.05, 4.69) is 6.08 Å². The average molecular weight is 225 g/mol. The van der Waals surface area contributed by atoms with Crippen LogP contribution in [0.15, 0.2) is 11.6 Å². The zero-order valence-electron chi connectivity index (χ0n) is 9.42. The lowest BCUT2D eigenvalue weighted by Gasteiger charge is -2.24. The van der Waals surface area contributed by atoms with Gasteiger partial charge in [0.2, 0.25) is 0 Å². The van der Waals surface area contributed by atoms with Crippen molar-refractivity contribution in [1.29, 1.82) is 0 Å². The number of hydrogen-bond donors (Lipinski definition) is 0. The minimum Gasteiger partial charge on any atom is -0.118 e. The Balaban J connectivity index is 1.75. The van der Waals surface area contributed by atoms with Crippen LogP contribution < -0.4 is 0 Å². The van der Waals surface area contributed by atoms with Gasteiger partial charge in [-0.15, -0.1) is 11.6 Å². The molecule has 0 saturated heterocycles. The molecular weight excluding hydrogens is 204 g/mol. The maximum atomic E-state index is 6.32. The van der Waals surface area contributed by atoms with Gasteiger partial charge < -0.3 is 0 Å². The van der Waals surface area contributed by atoms with E-state index in [0.717, 1.165) is 17.8 Å². The second kappa shape index (κ2) is 4.13. The molecule has 2 fully saturated rings. The first-order valence-electron chi connectivity index (χ1n) is 6.67. The van der Waals surface area contributed by atoms with Crippen LogP contribution in [0.4, 0.5) is 0 Å². The highest BCUT2D eigenvalue weighted by molar-refractivity contribution is 6.21. The third-order valence-electron chi connectivity index (χ3n) is 4.80. The van der Waals surface area contributed by atoms with Gasteiger partial charge in [-0.1, -0.05) is 24.5 Å². The molecule has 4 atom stereocenters. The summed E-state index contributed by atoms with van der Waals surface area (Å²) in [5.41, 5.74) is 1.74. The summed E-state index contributed by atoms with van der Waals surface area (Å²) in [6, 6.07) is 0. The van der Waals surface area contributed by atoms with Gasteiger partial charge in [0.1, 0.15) is 0 Å². The van der Waals surface area contributed by atoms with Crippen molar-refractivity contribution in [2.24, 2.45) is 17.8 Å². The first-order valence-corrected chi connectivity index (χ1v) is 7.11. The lowest BCUT2D eigenvalue weighted by molar-refractivity contribution is 0.369. The monoisotopic (exact) mass is 224 g/mol. The fraction of sp³-hybridized carbons (Fsp3) is 0.857. The van der Waals surface area contributed by atoms with E-state index in [0.29, 0.717) is 5.38 Å². The molecule has 0 amide bonds. The standard InChI is InChI=1S/C14H21Cl/c15-13-4-2-1-3-11(9-13)14-8-10-5-6-12(14)7-10/h9-10,12-14H,1-8H2. The highest BCUT2D eigenvalue weighted by Crippen LogP contribution is 2.52. The summed E-state index contributed by atoms with van der Waals surface area (Å²) in [4.78, 5) is 0. The molecule has 0 aromatic carbocycles. The van der Waals surface area contributed by atoms with Gasteiger partial charge in [-0.2, -0.15) is 0 Å². The summed E-state index contributed by atoms with van der Waals surface area (Å²) >= 11 is 6.32. The summed E-state index contributed by atoms with van der Waals surface area (Å²) < 4.78 is 0. The molecule has 0 heterocycles. The van der Waals surface area contributed by atoms with Crippen molar-refractivity contribution in [1.82, 2.24) is 0 Å². The Labute approximate surface area is 98.1 Å². The summed E-state index contributed by atoms with van der Waals surface area (Å²) in [5, 5.41) is 0.335. The normalized spacial score (nSPS) is 45.3. The van der Waals surface area contributed by atoms with Crippen LogP contribution in [0.25, 0.3) is 0 Å². The molecule has 0 aromatic heterocycles. The minimum atomic E-state index is 0.335. The third-order valence-corrected chi connectivity index (χ3v) is 5.15. The summed E-state index contributed by atoms with van der Waals surface area (Å²) in [6.45, 7) is 0. The lowest BCUT2D eigenvalue weighted by atomic mass is 9.81. The van der Waals surface area contributed by atoms with Gasteiger partial charge >= 0.3 is 0 Å². The molecule has 1 heteroatoms. The predicted molar refractivity (Wildman–Crippen MR) is 65.1 cm³/mol. The van der Waals surface area contributed by atoms with Crippen LogP contribution in [0, 0.1) is 17.8 Å². The Morgan fingerprint density at radius 2 is 2.00 bits per heavy atom. The van der Waals surface area contributed by atoms with Crippen molar-refractivity contribution < 1.29 is 0 Å². The van der Waals surface area contributed by atoms with E-state index in [1.54, 1.807) is 5.57 Å². The molecule has 0 spiro atoms. The number of rotatable bonds is 1. The Morgan fingerprint density at radius 3 is 2.73 bits per heavy atom. The van der Waals surface area contributed by atoms with E-state index < -0.39 is 0 Å². The highest BCUT2D eigenvalue weighted by Gasteiger charge is 2.40. The SMILES string of the molecule is ClC1C=C(C2CC3CCC2C3)CCCC1. The molecule has 3 aliphatic carbocycles. The van der Waals surface area contributed by atoms with Crippen molar-refractivity contribution in [3.63, 3.8) is 0 Å². The van der Waals surface area contributed by atoms with E-state index in [1.807, 2.05) is 0 Å². The van der Waals surface area contributed by atoms with Crippen molar-refractivity contribution in [2.75, 3.05) is 0 Å². The fourth-order valence-electron chi connectivity index (χ4n) is 4.08. The minimum absolute atomic E-state index is 0.335. The quantitative estimate of drug-likeness (QED) is 0.454. The first-order chi connectivity index (χ1) is 7.33. The second-order valence-corrected chi connectivity index (χ2v) is 6.35. The Kier molecular flexibility index (Phi) is 2.81. The highest BCUT2D eigenvalue weighted by atomic mass is 35.5. The zero-order valence-corrected chi connectivity index (χ0v) is 10.2. The smallest absolute Gasteiger partial charge is 0.0518 e. The number of halogens is 1. The van der Waals surface area contributed by atoms with Gasteiger partial charge in [-0.25, -0.2) is 0 Å². The van der Waals surface area contributed by atoms with E-state index in [-0.39, 0.29) is 0 Å². The molecular formula is C14H21Cl. The van der Waals surface area contributed by atoms with Gasteiger partial charge in [-0.3, -0.25) is 0 Å². The van der Waals surface area contributed by atoms with Crippen molar-refractivity contribution in [2.45, 2.75) is 56.7 Å².